The summed E-state index contributed by atoms with van der Waals surface area (Å²) >= 11 is 0. The van der Waals surface area contributed by atoms with E-state index in [2.05, 4.69) is 0 Å². The number of aryl methyl sites for hydroxylation is 1. The molecule has 4 N–H and O–H groups in total. The molecule has 242 valence electrons. The molecule has 46 heavy (non-hydrogen) atoms. The average Bonchev–Trinajstić information content (AvgIpc) is 3.00. The van der Waals surface area contributed by atoms with Gasteiger partial charge >= 0.3 is 11.7 Å². The van der Waals surface area contributed by atoms with Crippen LogP contribution in [0, 0.1) is 12.7 Å². The number of fused-ring (bicyclic) bond motifs is 1. The Bertz CT molecular complexity index is 1840. The van der Waals surface area contributed by atoms with Gasteiger partial charge in [-0.2, -0.15) is 0 Å². The number of carbonyl (C=O) groups is 2. The first-order chi connectivity index (χ1) is 21.8. The fraction of sp³-hybridized carbons (Fsp3) is 0.303. The first-order valence-electron chi connectivity index (χ1n) is 14.2. The number of methoxy groups -OCH3 is 1. The number of aliphatic hydroxyl groups is 1. The van der Waals surface area contributed by atoms with Crippen molar-refractivity contribution in [1.29, 1.82) is 0 Å². The van der Waals surface area contributed by atoms with E-state index in [9.17, 15) is 29.0 Å². The predicted molar refractivity (Wildman–Crippen MR) is 161 cm³/mol. The van der Waals surface area contributed by atoms with E-state index < -0.39 is 65.7 Å². The molecule has 12 nitrogen and oxygen atoms in total. The molecule has 4 aromatic rings. The second-order valence-electron chi connectivity index (χ2n) is 11.2. The van der Waals surface area contributed by atoms with Crippen molar-refractivity contribution in [2.45, 2.75) is 57.4 Å². The number of hydrogen-bond acceptors (Lipinski definition) is 11. The van der Waals surface area contributed by atoms with E-state index >= 15 is 0 Å². The molecule has 13 heteroatoms. The predicted octanol–water partition coefficient (Wildman–Crippen LogP) is 4.52. The first-order valence-corrected chi connectivity index (χ1v) is 14.2. The number of ketones is 1. The molecule has 0 radical (unpaired) electrons. The number of amides is 1. The highest BCUT2D eigenvalue weighted by molar-refractivity contribution is 5.99. The van der Waals surface area contributed by atoms with Gasteiger partial charge in [-0.3, -0.25) is 4.79 Å². The minimum atomic E-state index is -1.52. The van der Waals surface area contributed by atoms with Crippen molar-refractivity contribution in [3.05, 3.63) is 93.6 Å². The van der Waals surface area contributed by atoms with Crippen LogP contribution in [0.4, 0.5) is 9.18 Å². The third-order valence-electron chi connectivity index (χ3n) is 7.65. The standard InChI is InChI=1S/C33H32FNO11/c1-16-24(43-31-26(38)28(45-32(35)40)29(41-4)33(2,3)46-31)13-12-21-25(37)22(30(39)44-27(16)21)15-23(36)17-6-5-7-20(14-17)42-19-10-8-18(34)9-11-19/h5-14,26,28-29,31,37-38H,15H2,1-4H3,(H2,35,40)/t26-,28+,29-,31-/m1/s1. The molecular weight excluding hydrogens is 605 g/mol. The molecule has 3 aromatic carbocycles. The number of nitrogens with two attached hydrogens (primary N) is 1. The smallest absolute Gasteiger partial charge is 0.404 e. The van der Waals surface area contributed by atoms with Gasteiger partial charge in [-0.25, -0.2) is 14.0 Å². The summed E-state index contributed by atoms with van der Waals surface area (Å²) in [7, 11) is 1.37. The van der Waals surface area contributed by atoms with Crippen molar-refractivity contribution in [1.82, 2.24) is 0 Å². The van der Waals surface area contributed by atoms with Gasteiger partial charge in [-0.15, -0.1) is 0 Å². The van der Waals surface area contributed by atoms with Gasteiger partial charge in [-0.1, -0.05) is 12.1 Å². The van der Waals surface area contributed by atoms with Crippen LogP contribution in [0.5, 0.6) is 23.0 Å². The Balaban J connectivity index is 1.39. The Hall–Kier alpha value is -4.98. The van der Waals surface area contributed by atoms with Crippen LogP contribution in [0.2, 0.25) is 0 Å². The van der Waals surface area contributed by atoms with Crippen molar-refractivity contribution >= 4 is 22.8 Å². The summed E-state index contributed by atoms with van der Waals surface area (Å²) in [6, 6.07) is 14.5. The molecule has 4 atom stereocenters. The number of aromatic hydroxyl groups is 1. The third-order valence-corrected chi connectivity index (χ3v) is 7.65. The highest BCUT2D eigenvalue weighted by Gasteiger charge is 2.53. The van der Waals surface area contributed by atoms with Crippen LogP contribution in [0.15, 0.2) is 69.9 Å². The molecule has 1 amide bonds. The van der Waals surface area contributed by atoms with Crippen LogP contribution in [0.25, 0.3) is 11.0 Å². The lowest BCUT2D eigenvalue weighted by Crippen LogP contribution is -2.65. The molecule has 5 rings (SSSR count). The van der Waals surface area contributed by atoms with E-state index in [1.165, 1.54) is 55.6 Å². The van der Waals surface area contributed by atoms with Gasteiger partial charge in [0.05, 0.1) is 16.6 Å². The zero-order valence-corrected chi connectivity index (χ0v) is 25.3. The topological polar surface area (TPSA) is 177 Å². The lowest BCUT2D eigenvalue weighted by molar-refractivity contribution is -0.304. The van der Waals surface area contributed by atoms with E-state index in [1.807, 2.05) is 0 Å². The maximum absolute atomic E-state index is 13.2. The zero-order valence-electron chi connectivity index (χ0n) is 25.3. The average molecular weight is 638 g/mol. The summed E-state index contributed by atoms with van der Waals surface area (Å²) in [6.45, 7) is 4.87. The summed E-state index contributed by atoms with van der Waals surface area (Å²) in [5.41, 5.74) is 3.39. The fourth-order valence-electron chi connectivity index (χ4n) is 5.39. The van der Waals surface area contributed by atoms with E-state index in [0.717, 1.165) is 0 Å². The van der Waals surface area contributed by atoms with Crippen LogP contribution in [0.3, 0.4) is 0 Å². The highest BCUT2D eigenvalue weighted by Crippen LogP contribution is 2.38. The SMILES string of the molecule is CO[C@@H]1[C@@H](OC(N)=O)[C@@H](O)[C@H](Oc2ccc3c(O)c(CC(=O)c4cccc(Oc5ccc(F)cc5)c4)c(=O)oc3c2C)OC1(C)C. The Morgan fingerprint density at radius 1 is 1.07 bits per heavy atom. The Labute approximate surface area is 262 Å². The lowest BCUT2D eigenvalue weighted by atomic mass is 9.89. The third kappa shape index (κ3) is 6.52. The minimum absolute atomic E-state index is 0.0184. The van der Waals surface area contributed by atoms with Crippen molar-refractivity contribution in [2.75, 3.05) is 7.11 Å². The number of ether oxygens (including phenoxy) is 5. The second kappa shape index (κ2) is 12.8. The maximum Gasteiger partial charge on any atom is 0.404 e. The maximum atomic E-state index is 13.2. The van der Waals surface area contributed by atoms with E-state index in [1.54, 1.807) is 32.9 Å². The van der Waals surface area contributed by atoms with Crippen LogP contribution in [0.1, 0.15) is 35.3 Å². The van der Waals surface area contributed by atoms with Crippen molar-refractivity contribution in [3.63, 3.8) is 0 Å². The van der Waals surface area contributed by atoms with Crippen molar-refractivity contribution in [2.24, 2.45) is 5.73 Å². The molecule has 0 bridgehead atoms. The number of benzene rings is 3. The minimum Gasteiger partial charge on any atom is -0.507 e. The Morgan fingerprint density at radius 2 is 1.78 bits per heavy atom. The van der Waals surface area contributed by atoms with E-state index in [0.29, 0.717) is 11.5 Å². The molecule has 1 aliphatic heterocycles. The lowest BCUT2D eigenvalue weighted by Gasteiger charge is -2.47. The molecule has 0 spiro atoms. The number of primary amides is 1. The summed E-state index contributed by atoms with van der Waals surface area (Å²) in [4.78, 5) is 37.7. The second-order valence-corrected chi connectivity index (χ2v) is 11.2. The molecule has 1 saturated heterocycles. The van der Waals surface area contributed by atoms with Gasteiger partial charge < -0.3 is 44.0 Å². The number of halogens is 1. The van der Waals surface area contributed by atoms with Crippen LogP contribution in [-0.2, 0) is 20.6 Å². The van der Waals surface area contributed by atoms with Gasteiger partial charge in [0, 0.05) is 24.7 Å². The molecule has 2 heterocycles. The summed E-state index contributed by atoms with van der Waals surface area (Å²) in [5.74, 6) is -0.543. The molecular formula is C33H32FNO11. The number of hydrogen-bond donors (Lipinski definition) is 3. The molecule has 1 aromatic heterocycles. The van der Waals surface area contributed by atoms with Gasteiger partial charge in [0.2, 0.25) is 6.29 Å². The molecule has 1 fully saturated rings. The molecule has 0 saturated carbocycles. The van der Waals surface area contributed by atoms with E-state index in [4.69, 9.17) is 33.8 Å². The summed E-state index contributed by atoms with van der Waals surface area (Å²) in [5, 5.41) is 22.2. The largest absolute Gasteiger partial charge is 0.507 e. The summed E-state index contributed by atoms with van der Waals surface area (Å²) < 4.78 is 46.9. The summed E-state index contributed by atoms with van der Waals surface area (Å²) in [6.07, 6.45) is -6.58. The number of rotatable bonds is 9. The van der Waals surface area contributed by atoms with Crippen LogP contribution < -0.4 is 20.8 Å². The molecule has 0 unspecified atom stereocenters. The van der Waals surface area contributed by atoms with Crippen LogP contribution >= 0.6 is 0 Å². The van der Waals surface area contributed by atoms with E-state index in [-0.39, 0.29) is 33.4 Å². The highest BCUT2D eigenvalue weighted by atomic mass is 19.1. The molecule has 0 aliphatic carbocycles. The monoisotopic (exact) mass is 637 g/mol. The Morgan fingerprint density at radius 3 is 2.46 bits per heavy atom. The van der Waals surface area contributed by atoms with Crippen molar-refractivity contribution < 1.29 is 52.3 Å². The fourth-order valence-corrected chi connectivity index (χ4v) is 5.39. The number of carbonyl (C=O) groups excluding carboxylic acids is 2. The van der Waals surface area contributed by atoms with Gasteiger partial charge in [0.25, 0.3) is 0 Å². The zero-order chi connectivity index (χ0) is 33.3. The number of aliphatic hydroxyl groups excluding tert-OH is 1. The van der Waals surface area contributed by atoms with Gasteiger partial charge in [-0.05, 0) is 69.3 Å². The first kappa shape index (κ1) is 32.4. The molecule has 1 aliphatic rings. The van der Waals surface area contributed by atoms with Gasteiger partial charge in [0.15, 0.2) is 18.0 Å². The quantitative estimate of drug-likeness (QED) is 0.174. The number of Topliss-reactive ketones (excluding diaryl/α,β-unsaturated/α-hetero) is 1. The van der Waals surface area contributed by atoms with Crippen LogP contribution in [-0.4, -0.2) is 59.4 Å². The van der Waals surface area contributed by atoms with Crippen molar-refractivity contribution in [3.8, 4) is 23.0 Å². The Kier molecular flexibility index (Phi) is 9.01. The van der Waals surface area contributed by atoms with Gasteiger partial charge in [0.1, 0.15) is 40.5 Å². The normalized spacial score (nSPS) is 20.7.